The van der Waals surface area contributed by atoms with Gasteiger partial charge in [-0.15, -0.1) is 0 Å². The van der Waals surface area contributed by atoms with E-state index in [9.17, 15) is 10.1 Å². The van der Waals surface area contributed by atoms with Crippen molar-refractivity contribution in [2.24, 2.45) is 0 Å². The minimum atomic E-state index is 0.137. The lowest BCUT2D eigenvalue weighted by Gasteiger charge is -2.41. The van der Waals surface area contributed by atoms with Crippen LogP contribution in [0.1, 0.15) is 34.0 Å². The highest BCUT2D eigenvalue weighted by Crippen LogP contribution is 2.24. The van der Waals surface area contributed by atoms with Gasteiger partial charge >= 0.3 is 0 Å². The Morgan fingerprint density at radius 2 is 1.59 bits per heavy atom. The molecule has 6 heteroatoms. The molecule has 190 valence electrons. The molecule has 2 heterocycles. The van der Waals surface area contributed by atoms with Crippen LogP contribution in [0, 0.1) is 18.3 Å². The van der Waals surface area contributed by atoms with E-state index in [4.69, 9.17) is 0 Å². The average Bonchev–Trinajstić information content (AvgIpc) is 2.94. The number of nitriles is 1. The van der Waals surface area contributed by atoms with Crippen molar-refractivity contribution in [1.29, 1.82) is 5.26 Å². The van der Waals surface area contributed by atoms with E-state index < -0.39 is 0 Å². The predicted molar refractivity (Wildman–Crippen MR) is 149 cm³/mol. The molecule has 37 heavy (non-hydrogen) atoms. The maximum absolute atomic E-state index is 13.6. The molecule has 0 aromatic heterocycles. The molecule has 0 N–H and O–H groups in total. The number of para-hydroxylation sites is 2. The Kier molecular flexibility index (Phi) is 7.43. The summed E-state index contributed by atoms with van der Waals surface area (Å²) >= 11 is 0. The van der Waals surface area contributed by atoms with Crippen molar-refractivity contribution in [2.75, 3.05) is 55.6 Å². The van der Waals surface area contributed by atoms with Crippen LogP contribution in [0.4, 0.5) is 11.4 Å². The fraction of sp³-hybridized carbons (Fsp3) is 0.355. The summed E-state index contributed by atoms with van der Waals surface area (Å²) in [7, 11) is 0. The van der Waals surface area contributed by atoms with Crippen LogP contribution in [-0.2, 0) is 6.54 Å². The van der Waals surface area contributed by atoms with Crippen molar-refractivity contribution in [3.8, 4) is 6.07 Å². The Bertz CT molecular complexity index is 1280. The van der Waals surface area contributed by atoms with Crippen LogP contribution in [0.5, 0.6) is 0 Å². The van der Waals surface area contributed by atoms with Gasteiger partial charge in [0.25, 0.3) is 5.91 Å². The number of amides is 1. The van der Waals surface area contributed by atoms with Gasteiger partial charge in [-0.05, 0) is 55.3 Å². The van der Waals surface area contributed by atoms with Crippen LogP contribution in [0.25, 0.3) is 0 Å². The SMILES string of the molecule is Cc1ccc(CN2CCN(c3ccccc3C#N)CC2)cc1C(=O)N1CCN(c2ccccc2)CC1C. The van der Waals surface area contributed by atoms with Crippen LogP contribution in [-0.4, -0.2) is 67.6 Å². The fourth-order valence-corrected chi connectivity index (χ4v) is 5.53. The van der Waals surface area contributed by atoms with E-state index in [0.29, 0.717) is 0 Å². The van der Waals surface area contributed by atoms with Crippen LogP contribution in [0.15, 0.2) is 72.8 Å². The number of benzene rings is 3. The molecule has 2 saturated heterocycles. The summed E-state index contributed by atoms with van der Waals surface area (Å²) in [6.45, 7) is 11.1. The van der Waals surface area contributed by atoms with Gasteiger partial charge < -0.3 is 14.7 Å². The smallest absolute Gasteiger partial charge is 0.254 e. The zero-order chi connectivity index (χ0) is 25.8. The van der Waals surface area contributed by atoms with E-state index in [2.05, 4.69) is 70.2 Å². The van der Waals surface area contributed by atoms with Crippen LogP contribution in [0.3, 0.4) is 0 Å². The van der Waals surface area contributed by atoms with E-state index in [1.165, 1.54) is 11.3 Å². The maximum atomic E-state index is 13.6. The van der Waals surface area contributed by atoms with Crippen molar-refractivity contribution < 1.29 is 4.79 Å². The number of hydrogen-bond acceptors (Lipinski definition) is 5. The first-order valence-electron chi connectivity index (χ1n) is 13.2. The highest BCUT2D eigenvalue weighted by Gasteiger charge is 2.29. The molecule has 6 nitrogen and oxygen atoms in total. The van der Waals surface area contributed by atoms with Crippen LogP contribution in [0.2, 0.25) is 0 Å². The second kappa shape index (κ2) is 11.1. The molecule has 0 bridgehead atoms. The highest BCUT2D eigenvalue weighted by molar-refractivity contribution is 5.96. The summed E-state index contributed by atoms with van der Waals surface area (Å²) in [5, 5.41) is 9.44. The molecule has 5 rings (SSSR count). The summed E-state index contributed by atoms with van der Waals surface area (Å²) in [4.78, 5) is 22.8. The van der Waals surface area contributed by atoms with Gasteiger partial charge in [-0.2, -0.15) is 5.26 Å². The van der Waals surface area contributed by atoms with Crippen molar-refractivity contribution >= 4 is 17.3 Å². The largest absolute Gasteiger partial charge is 0.368 e. The van der Waals surface area contributed by atoms with Gasteiger partial charge in [0.2, 0.25) is 0 Å². The molecule has 2 aliphatic heterocycles. The zero-order valence-electron chi connectivity index (χ0n) is 21.8. The lowest BCUT2D eigenvalue weighted by atomic mass is 10.0. The molecule has 2 fully saturated rings. The normalized spacial score (nSPS) is 18.5. The molecule has 1 unspecified atom stereocenters. The molecule has 0 aliphatic carbocycles. The Morgan fingerprint density at radius 1 is 0.892 bits per heavy atom. The minimum absolute atomic E-state index is 0.137. The lowest BCUT2D eigenvalue weighted by molar-refractivity contribution is 0.0673. The highest BCUT2D eigenvalue weighted by atomic mass is 16.2. The molecule has 0 saturated carbocycles. The van der Waals surface area contributed by atoms with Gasteiger partial charge in [-0.1, -0.05) is 42.5 Å². The molecule has 1 amide bonds. The third kappa shape index (κ3) is 5.47. The van der Waals surface area contributed by atoms with E-state index in [1.807, 2.05) is 42.2 Å². The minimum Gasteiger partial charge on any atom is -0.368 e. The first-order valence-corrected chi connectivity index (χ1v) is 13.2. The fourth-order valence-electron chi connectivity index (χ4n) is 5.53. The van der Waals surface area contributed by atoms with Gasteiger partial charge in [-0.25, -0.2) is 0 Å². The average molecular weight is 494 g/mol. The Morgan fingerprint density at radius 3 is 2.32 bits per heavy atom. The third-order valence-electron chi connectivity index (χ3n) is 7.69. The maximum Gasteiger partial charge on any atom is 0.254 e. The van der Waals surface area contributed by atoms with Crippen LogP contribution < -0.4 is 9.80 Å². The van der Waals surface area contributed by atoms with E-state index in [-0.39, 0.29) is 11.9 Å². The summed E-state index contributed by atoms with van der Waals surface area (Å²) in [6.07, 6.45) is 0. The summed E-state index contributed by atoms with van der Waals surface area (Å²) in [5.41, 5.74) is 6.00. The topological polar surface area (TPSA) is 53.8 Å². The summed E-state index contributed by atoms with van der Waals surface area (Å²) in [5.74, 6) is 0.137. The second-order valence-electron chi connectivity index (χ2n) is 10.2. The first kappa shape index (κ1) is 24.9. The Labute approximate surface area is 220 Å². The van der Waals surface area contributed by atoms with Crippen molar-refractivity contribution in [2.45, 2.75) is 26.4 Å². The monoisotopic (exact) mass is 493 g/mol. The van der Waals surface area contributed by atoms with Gasteiger partial charge in [0, 0.05) is 69.7 Å². The lowest BCUT2D eigenvalue weighted by Crippen LogP contribution is -2.54. The van der Waals surface area contributed by atoms with Gasteiger partial charge in [0.05, 0.1) is 11.3 Å². The standard InChI is InChI=1S/C31H35N5O/c1-24-12-13-26(23-33-14-16-34(17-15-33)30-11-7-6-8-27(30)21-32)20-29(24)31(37)36-19-18-35(22-25(36)2)28-9-4-3-5-10-28/h3-13,20,25H,14-19,22-23H2,1-2H3. The van der Waals surface area contributed by atoms with E-state index >= 15 is 0 Å². The molecule has 0 spiro atoms. The third-order valence-corrected chi connectivity index (χ3v) is 7.69. The van der Waals surface area contributed by atoms with Gasteiger partial charge in [0.1, 0.15) is 6.07 Å². The second-order valence-corrected chi connectivity index (χ2v) is 10.2. The van der Waals surface area contributed by atoms with Gasteiger partial charge in [-0.3, -0.25) is 9.69 Å². The molecular weight excluding hydrogens is 458 g/mol. The van der Waals surface area contributed by atoms with E-state index in [0.717, 1.165) is 74.7 Å². The molecular formula is C31H35N5O. The summed E-state index contributed by atoms with van der Waals surface area (Å²) < 4.78 is 0. The van der Waals surface area contributed by atoms with Crippen molar-refractivity contribution in [3.05, 3.63) is 95.1 Å². The zero-order valence-corrected chi connectivity index (χ0v) is 21.8. The van der Waals surface area contributed by atoms with Crippen molar-refractivity contribution in [3.63, 3.8) is 0 Å². The number of carbonyl (C=O) groups is 1. The number of aryl methyl sites for hydroxylation is 1. The Balaban J connectivity index is 1.21. The number of piperazine rings is 2. The number of anilines is 2. The summed E-state index contributed by atoms with van der Waals surface area (Å²) in [6, 6.07) is 27.1. The Hall–Kier alpha value is -3.82. The quantitative estimate of drug-likeness (QED) is 0.522. The molecule has 1 atom stereocenters. The molecule has 3 aromatic carbocycles. The number of nitrogens with zero attached hydrogens (tertiary/aromatic N) is 5. The molecule has 0 radical (unpaired) electrons. The van der Waals surface area contributed by atoms with Crippen molar-refractivity contribution in [1.82, 2.24) is 9.80 Å². The molecule has 2 aliphatic rings. The number of carbonyl (C=O) groups excluding carboxylic acids is 1. The number of rotatable bonds is 5. The predicted octanol–water partition coefficient (Wildman–Crippen LogP) is 4.54. The number of hydrogen-bond donors (Lipinski definition) is 0. The van der Waals surface area contributed by atoms with Gasteiger partial charge in [0.15, 0.2) is 0 Å². The molecule has 3 aromatic rings. The van der Waals surface area contributed by atoms with E-state index in [1.54, 1.807) is 0 Å². The van der Waals surface area contributed by atoms with Crippen LogP contribution >= 0.6 is 0 Å². The first-order chi connectivity index (χ1) is 18.0.